The van der Waals surface area contributed by atoms with E-state index in [9.17, 15) is 4.79 Å². The molecule has 0 saturated carbocycles. The van der Waals surface area contributed by atoms with Crippen LogP contribution in [0.4, 0.5) is 0 Å². The van der Waals surface area contributed by atoms with Crippen molar-refractivity contribution in [2.24, 2.45) is 5.41 Å². The Morgan fingerprint density at radius 3 is 2.67 bits per heavy atom. The predicted molar refractivity (Wildman–Crippen MR) is 50.9 cm³/mol. The van der Waals surface area contributed by atoms with Crippen LogP contribution in [0, 0.1) is 5.41 Å². The van der Waals surface area contributed by atoms with E-state index in [-0.39, 0.29) is 47.7 Å². The standard InChI is InChI=1S/C7H11BrO3.Na.H/c8-3-7(4-10)5-11-6(7)1-2-9;;/h2,6,10H,1,3-5H2;;. The summed E-state index contributed by atoms with van der Waals surface area (Å²) in [5, 5.41) is 9.70. The molecule has 1 saturated heterocycles. The normalized spacial score (nSPS) is 33.3. The zero-order valence-corrected chi connectivity index (χ0v) is 7.71. The summed E-state index contributed by atoms with van der Waals surface area (Å²) in [6.07, 6.45) is 1.12. The summed E-state index contributed by atoms with van der Waals surface area (Å²) in [6, 6.07) is 0. The van der Waals surface area contributed by atoms with Gasteiger partial charge in [-0.1, -0.05) is 15.9 Å². The maximum absolute atomic E-state index is 10.2. The Labute approximate surface area is 102 Å². The van der Waals surface area contributed by atoms with Gasteiger partial charge in [-0.3, -0.25) is 0 Å². The molecule has 1 aliphatic rings. The van der Waals surface area contributed by atoms with Gasteiger partial charge in [-0.25, -0.2) is 0 Å². The van der Waals surface area contributed by atoms with Crippen LogP contribution in [-0.4, -0.2) is 65.6 Å². The van der Waals surface area contributed by atoms with E-state index in [4.69, 9.17) is 9.84 Å². The summed E-state index contributed by atoms with van der Waals surface area (Å²) in [5.41, 5.74) is -0.207. The van der Waals surface area contributed by atoms with Crippen LogP contribution >= 0.6 is 15.9 Å². The maximum atomic E-state index is 10.2. The van der Waals surface area contributed by atoms with Gasteiger partial charge in [-0.15, -0.1) is 0 Å². The Bertz CT molecular complexity index is 144. The second-order valence-electron chi connectivity index (χ2n) is 2.86. The molecule has 0 aromatic carbocycles. The first-order valence-electron chi connectivity index (χ1n) is 3.51. The van der Waals surface area contributed by atoms with Crippen molar-refractivity contribution in [3.8, 4) is 0 Å². The first kappa shape index (κ1) is 13.1. The van der Waals surface area contributed by atoms with E-state index in [1.807, 2.05) is 0 Å². The Morgan fingerprint density at radius 2 is 2.42 bits per heavy atom. The van der Waals surface area contributed by atoms with Crippen LogP contribution in [0.2, 0.25) is 0 Å². The van der Waals surface area contributed by atoms with Crippen LogP contribution < -0.4 is 0 Å². The van der Waals surface area contributed by atoms with Gasteiger partial charge >= 0.3 is 29.6 Å². The Morgan fingerprint density at radius 1 is 1.75 bits per heavy atom. The fraction of sp³-hybridized carbons (Fsp3) is 0.857. The van der Waals surface area contributed by atoms with E-state index in [0.29, 0.717) is 18.4 Å². The third kappa shape index (κ3) is 2.30. The second-order valence-corrected chi connectivity index (χ2v) is 3.42. The Kier molecular flexibility index (Phi) is 6.24. The molecule has 0 radical (unpaired) electrons. The Hall–Kier alpha value is 1.07. The van der Waals surface area contributed by atoms with Gasteiger partial charge < -0.3 is 14.6 Å². The molecule has 66 valence electrons. The van der Waals surface area contributed by atoms with E-state index < -0.39 is 0 Å². The number of aliphatic hydroxyl groups is 1. The van der Waals surface area contributed by atoms with Crippen molar-refractivity contribution in [3.63, 3.8) is 0 Å². The number of aliphatic hydroxyl groups excluding tert-OH is 1. The van der Waals surface area contributed by atoms with Crippen LogP contribution in [0.3, 0.4) is 0 Å². The molecule has 1 heterocycles. The zero-order chi connectivity index (χ0) is 8.32. The first-order valence-corrected chi connectivity index (χ1v) is 4.63. The molecule has 1 rings (SSSR count). The predicted octanol–water partition coefficient (Wildman–Crippen LogP) is -0.301. The molecule has 0 aliphatic carbocycles. The minimum absolute atomic E-state index is 0. The van der Waals surface area contributed by atoms with Gasteiger partial charge in [0.05, 0.1) is 24.7 Å². The molecule has 0 amide bonds. The van der Waals surface area contributed by atoms with Crippen LogP contribution in [0.25, 0.3) is 0 Å². The van der Waals surface area contributed by atoms with Crippen molar-refractivity contribution in [2.75, 3.05) is 18.5 Å². The number of carbonyl (C=O) groups excluding carboxylic acids is 1. The molecule has 1 N–H and O–H groups in total. The van der Waals surface area contributed by atoms with Crippen molar-refractivity contribution >= 4 is 51.8 Å². The number of aldehydes is 1. The third-order valence-corrected chi connectivity index (χ3v) is 3.26. The van der Waals surface area contributed by atoms with Crippen LogP contribution in [-0.2, 0) is 9.53 Å². The molecule has 1 fully saturated rings. The number of carbonyl (C=O) groups is 1. The number of alkyl halides is 1. The zero-order valence-electron chi connectivity index (χ0n) is 6.12. The van der Waals surface area contributed by atoms with Crippen molar-refractivity contribution in [2.45, 2.75) is 12.5 Å². The molecule has 0 bridgehead atoms. The van der Waals surface area contributed by atoms with E-state index >= 15 is 0 Å². The van der Waals surface area contributed by atoms with Crippen molar-refractivity contribution < 1.29 is 14.6 Å². The topological polar surface area (TPSA) is 46.5 Å². The van der Waals surface area contributed by atoms with E-state index in [0.717, 1.165) is 6.29 Å². The molecule has 2 atom stereocenters. The number of hydrogen-bond donors (Lipinski definition) is 1. The summed E-state index contributed by atoms with van der Waals surface area (Å²) in [5.74, 6) is 0. The number of hydrogen-bond acceptors (Lipinski definition) is 3. The van der Waals surface area contributed by atoms with Gasteiger partial charge in [0, 0.05) is 11.8 Å². The van der Waals surface area contributed by atoms with Gasteiger partial charge in [0.2, 0.25) is 0 Å². The molecular weight excluding hydrogens is 235 g/mol. The molecule has 0 aromatic heterocycles. The average Bonchev–Trinajstić information content (AvgIpc) is 2.01. The third-order valence-electron chi connectivity index (χ3n) is 2.15. The average molecular weight is 247 g/mol. The quantitative estimate of drug-likeness (QED) is 0.421. The van der Waals surface area contributed by atoms with Gasteiger partial charge in [-0.05, 0) is 0 Å². The summed E-state index contributed by atoms with van der Waals surface area (Å²) in [7, 11) is 0. The molecule has 5 heteroatoms. The molecule has 12 heavy (non-hydrogen) atoms. The molecule has 0 aromatic rings. The summed E-state index contributed by atoms with van der Waals surface area (Å²) < 4.78 is 5.15. The minimum atomic E-state index is -0.207. The van der Waals surface area contributed by atoms with Crippen molar-refractivity contribution in [3.05, 3.63) is 0 Å². The molecule has 1 aliphatic heterocycles. The SMILES string of the molecule is O=CCC1OCC1(CO)CBr.[NaH]. The van der Waals surface area contributed by atoms with Crippen LogP contribution in [0.1, 0.15) is 6.42 Å². The Balaban J connectivity index is 0.00000121. The number of ether oxygens (including phenoxy) is 1. The molecule has 3 nitrogen and oxygen atoms in total. The number of rotatable bonds is 4. The van der Waals surface area contributed by atoms with Crippen molar-refractivity contribution in [1.82, 2.24) is 0 Å². The summed E-state index contributed by atoms with van der Waals surface area (Å²) in [4.78, 5) is 10.2. The first-order chi connectivity index (χ1) is 5.29. The molecular formula is C7H12BrNaO3. The number of halogens is 1. The fourth-order valence-corrected chi connectivity index (χ4v) is 1.86. The summed E-state index contributed by atoms with van der Waals surface area (Å²) in [6.45, 7) is 0.629. The van der Waals surface area contributed by atoms with Gasteiger partial charge in [-0.2, -0.15) is 0 Å². The van der Waals surface area contributed by atoms with Gasteiger partial charge in [0.1, 0.15) is 6.29 Å². The molecule has 0 spiro atoms. The second kappa shape index (κ2) is 5.73. The summed E-state index contributed by atoms with van der Waals surface area (Å²) >= 11 is 3.30. The molecule has 2 unspecified atom stereocenters. The van der Waals surface area contributed by atoms with E-state index in [2.05, 4.69) is 15.9 Å². The van der Waals surface area contributed by atoms with E-state index in [1.54, 1.807) is 0 Å². The van der Waals surface area contributed by atoms with Crippen LogP contribution in [0.15, 0.2) is 0 Å². The van der Waals surface area contributed by atoms with Gasteiger partial charge in [0.25, 0.3) is 0 Å². The van der Waals surface area contributed by atoms with Crippen molar-refractivity contribution in [1.29, 1.82) is 0 Å². The van der Waals surface area contributed by atoms with E-state index in [1.165, 1.54) is 0 Å². The van der Waals surface area contributed by atoms with Gasteiger partial charge in [0.15, 0.2) is 0 Å². The monoisotopic (exact) mass is 246 g/mol. The fourth-order valence-electron chi connectivity index (χ4n) is 1.16. The van der Waals surface area contributed by atoms with Crippen LogP contribution in [0.5, 0.6) is 0 Å².